The molecule has 0 aliphatic carbocycles. The smallest absolute Gasteiger partial charge is 0.264 e. The summed E-state index contributed by atoms with van der Waals surface area (Å²) in [6.45, 7) is 9.10. The Kier molecular flexibility index (Phi) is 11.8. The number of hydrogen-bond acceptors (Lipinski definition) is 7. The third kappa shape index (κ3) is 7.65. The zero-order valence-corrected chi connectivity index (χ0v) is 33.9. The van der Waals surface area contributed by atoms with Crippen molar-refractivity contribution in [3.63, 3.8) is 0 Å². The minimum Gasteiger partial charge on any atom is -0.497 e. The lowest BCUT2D eigenvalue weighted by Gasteiger charge is -2.37. The number of anilines is 2. The highest BCUT2D eigenvalue weighted by Crippen LogP contribution is 2.60. The van der Waals surface area contributed by atoms with Gasteiger partial charge < -0.3 is 35.0 Å². The predicted octanol–water partition coefficient (Wildman–Crippen LogP) is 5.81. The van der Waals surface area contributed by atoms with Crippen LogP contribution in [0.25, 0.3) is 0 Å². The maximum Gasteiger partial charge on any atom is 0.264 e. The van der Waals surface area contributed by atoms with Gasteiger partial charge in [-0.1, -0.05) is 98.0 Å². The average molecular weight is 775 g/mol. The molecule has 3 aliphatic heterocycles. The maximum absolute atomic E-state index is 15.2. The number of benzene rings is 4. The number of nitrogens with zero attached hydrogens (tertiary/aromatic N) is 2. The van der Waals surface area contributed by atoms with Crippen LogP contribution < -0.4 is 25.5 Å². The van der Waals surface area contributed by atoms with Gasteiger partial charge in [0.05, 0.1) is 52.5 Å². The summed E-state index contributed by atoms with van der Waals surface area (Å²) < 4.78 is 12.7. The Bertz CT molecular complexity index is 2000. The van der Waals surface area contributed by atoms with Crippen LogP contribution in [0.15, 0.2) is 103 Å². The van der Waals surface area contributed by atoms with Crippen molar-refractivity contribution in [3.8, 4) is 5.75 Å². The van der Waals surface area contributed by atoms with Gasteiger partial charge in [-0.05, 0) is 66.4 Å². The van der Waals surface area contributed by atoms with Crippen LogP contribution in [0, 0.1) is 11.8 Å². The molecular formula is C45H54N4O6Si. The fraction of sp³-hybridized carbons (Fsp3) is 0.400. The first-order chi connectivity index (χ1) is 27.1. The Balaban J connectivity index is 1.20. The van der Waals surface area contributed by atoms with E-state index < -0.39 is 19.8 Å². The second kappa shape index (κ2) is 16.7. The SMILES string of the molecule is COc1ccc([Si](C)(C)[C@@H]2[C@@H](CC(=O)N(CCO)Cc3ccccc3)O[C@]3(C(=O)N(Cc4ccc(NC(=O)C5CCCNC5)cc4)c4ccccc43)[C@H]2C)cc1. The molecule has 0 saturated carbocycles. The Labute approximate surface area is 331 Å². The highest BCUT2D eigenvalue weighted by Gasteiger charge is 2.66. The van der Waals surface area contributed by atoms with E-state index in [0.717, 1.165) is 53.2 Å². The third-order valence-corrected chi connectivity index (χ3v) is 16.6. The number of piperidine rings is 1. The van der Waals surface area contributed by atoms with Crippen LogP contribution in [0.1, 0.15) is 42.9 Å². The van der Waals surface area contributed by atoms with E-state index in [4.69, 9.17) is 9.47 Å². The predicted molar refractivity (Wildman–Crippen MR) is 221 cm³/mol. The largest absolute Gasteiger partial charge is 0.497 e. The van der Waals surface area contributed by atoms with E-state index in [2.05, 4.69) is 42.8 Å². The zero-order chi connectivity index (χ0) is 39.5. The molecule has 56 heavy (non-hydrogen) atoms. The van der Waals surface area contributed by atoms with Crippen molar-refractivity contribution in [1.82, 2.24) is 10.2 Å². The van der Waals surface area contributed by atoms with E-state index in [9.17, 15) is 14.7 Å². The summed E-state index contributed by atoms with van der Waals surface area (Å²) in [7, 11) is -0.832. The Morgan fingerprint density at radius 3 is 2.38 bits per heavy atom. The van der Waals surface area contributed by atoms with Gasteiger partial charge in [-0.2, -0.15) is 0 Å². The second-order valence-electron chi connectivity index (χ2n) is 16.0. The van der Waals surface area contributed by atoms with Crippen molar-refractivity contribution in [2.45, 2.75) is 69.6 Å². The minimum absolute atomic E-state index is 0.0196. The van der Waals surface area contributed by atoms with Gasteiger partial charge in [-0.15, -0.1) is 0 Å². The van der Waals surface area contributed by atoms with E-state index >= 15 is 4.79 Å². The molecule has 294 valence electrons. The topological polar surface area (TPSA) is 120 Å². The Morgan fingerprint density at radius 1 is 0.982 bits per heavy atom. The van der Waals surface area contributed by atoms with Crippen molar-refractivity contribution in [3.05, 3.63) is 120 Å². The number of para-hydroxylation sites is 1. The summed E-state index contributed by atoms with van der Waals surface area (Å²) in [4.78, 5) is 45.9. The maximum atomic E-state index is 15.2. The lowest BCUT2D eigenvalue weighted by molar-refractivity contribution is -0.150. The molecule has 0 aromatic heterocycles. The number of fused-ring (bicyclic) bond motifs is 2. The first-order valence-electron chi connectivity index (χ1n) is 19.8. The molecule has 3 amide bonds. The highest BCUT2D eigenvalue weighted by atomic mass is 28.3. The molecule has 7 rings (SSSR count). The van der Waals surface area contributed by atoms with Crippen molar-refractivity contribution in [2.75, 3.05) is 43.6 Å². The Hall–Kier alpha value is -4.81. The molecule has 0 radical (unpaired) electrons. The van der Waals surface area contributed by atoms with E-state index in [1.165, 1.54) is 5.19 Å². The van der Waals surface area contributed by atoms with Crippen LogP contribution in [0.4, 0.5) is 11.4 Å². The summed E-state index contributed by atoms with van der Waals surface area (Å²) in [5, 5.41) is 17.6. The fourth-order valence-corrected chi connectivity index (χ4v) is 13.3. The molecule has 1 spiro atoms. The molecule has 4 aromatic rings. The lowest BCUT2D eigenvalue weighted by atomic mass is 9.82. The highest BCUT2D eigenvalue weighted by molar-refractivity contribution is 6.91. The number of carbonyl (C=O) groups excluding carboxylic acids is 3. The molecule has 2 fully saturated rings. The van der Waals surface area contributed by atoms with Crippen LogP contribution in [-0.2, 0) is 37.8 Å². The van der Waals surface area contributed by atoms with Gasteiger partial charge in [0.25, 0.3) is 5.91 Å². The van der Waals surface area contributed by atoms with Gasteiger partial charge in [0, 0.05) is 36.8 Å². The molecule has 5 atom stereocenters. The van der Waals surface area contributed by atoms with Crippen LogP contribution in [-0.4, -0.2) is 75.3 Å². The molecular weight excluding hydrogens is 721 g/mol. The van der Waals surface area contributed by atoms with Crippen LogP contribution in [0.2, 0.25) is 18.6 Å². The van der Waals surface area contributed by atoms with Crippen molar-refractivity contribution in [1.29, 1.82) is 0 Å². The van der Waals surface area contributed by atoms with Crippen LogP contribution in [0.3, 0.4) is 0 Å². The zero-order valence-electron chi connectivity index (χ0n) is 32.9. The molecule has 3 aliphatic rings. The van der Waals surface area contributed by atoms with Crippen molar-refractivity contribution < 1.29 is 29.0 Å². The van der Waals surface area contributed by atoms with E-state index in [1.54, 1.807) is 12.0 Å². The molecule has 2 saturated heterocycles. The quantitative estimate of drug-likeness (QED) is 0.147. The number of ether oxygens (including phenoxy) is 2. The van der Waals surface area contributed by atoms with Crippen LogP contribution >= 0.6 is 0 Å². The summed E-state index contributed by atoms with van der Waals surface area (Å²) in [5.41, 5.74) is 2.82. The molecule has 3 heterocycles. The summed E-state index contributed by atoms with van der Waals surface area (Å²) in [5.74, 6) is 0.217. The fourth-order valence-electron chi connectivity index (χ4n) is 9.34. The number of rotatable bonds is 13. The molecule has 11 heteroatoms. The average Bonchev–Trinajstić information content (AvgIpc) is 3.65. The van der Waals surface area contributed by atoms with Gasteiger partial charge in [0.2, 0.25) is 11.8 Å². The van der Waals surface area contributed by atoms with Gasteiger partial charge >= 0.3 is 0 Å². The monoisotopic (exact) mass is 774 g/mol. The number of aliphatic hydroxyl groups excluding tert-OH is 1. The van der Waals surface area contributed by atoms with Crippen LogP contribution in [0.5, 0.6) is 5.75 Å². The number of carbonyl (C=O) groups is 3. The Morgan fingerprint density at radius 2 is 1.70 bits per heavy atom. The van der Waals surface area contributed by atoms with Gasteiger partial charge in [0.15, 0.2) is 5.60 Å². The van der Waals surface area contributed by atoms with E-state index in [0.29, 0.717) is 19.6 Å². The summed E-state index contributed by atoms with van der Waals surface area (Å²) >= 11 is 0. The lowest BCUT2D eigenvalue weighted by Crippen LogP contribution is -2.52. The van der Waals surface area contributed by atoms with Gasteiger partial charge in [0.1, 0.15) is 5.75 Å². The molecule has 1 unspecified atom stereocenters. The normalized spacial score (nSPS) is 23.2. The van der Waals surface area contributed by atoms with E-state index in [1.807, 2.05) is 95.9 Å². The number of nitrogens with one attached hydrogen (secondary N) is 2. The molecule has 3 N–H and O–H groups in total. The van der Waals surface area contributed by atoms with E-state index in [-0.39, 0.29) is 54.7 Å². The molecule has 0 bridgehead atoms. The molecule has 4 aromatic carbocycles. The number of hydrogen-bond donors (Lipinski definition) is 3. The van der Waals surface area contributed by atoms with Crippen molar-refractivity contribution in [2.24, 2.45) is 11.8 Å². The van der Waals surface area contributed by atoms with Gasteiger partial charge in [-0.3, -0.25) is 14.4 Å². The number of amides is 3. The third-order valence-electron chi connectivity index (χ3n) is 12.3. The minimum atomic E-state index is -2.49. The number of methoxy groups -OCH3 is 1. The standard InChI is InChI=1S/C45H54N4O6Si/c1-31-42(56(3,4)37-22-20-36(54-2)21-23-37)40(27-41(51)48(25-26-50)29-32-11-6-5-7-12-32)55-45(31)38-14-8-9-15-39(38)49(44(45)53)30-33-16-18-35(19-17-33)47-43(52)34-13-10-24-46-28-34/h5-9,11-12,14-23,31,34,40,42,46,50H,10,13,24-30H2,1-4H3,(H,47,52)/t31-,34?,40+,42-,45+/m0/s1. The summed E-state index contributed by atoms with van der Waals surface area (Å²) in [6.07, 6.45) is 1.38. The van der Waals surface area contributed by atoms with Crippen molar-refractivity contribution >= 4 is 42.4 Å². The number of aliphatic hydroxyl groups is 1. The molecule has 10 nitrogen and oxygen atoms in total. The van der Waals surface area contributed by atoms with Gasteiger partial charge in [-0.25, -0.2) is 0 Å². The second-order valence-corrected chi connectivity index (χ2v) is 20.7. The first-order valence-corrected chi connectivity index (χ1v) is 22.9. The first kappa shape index (κ1) is 39.4. The summed E-state index contributed by atoms with van der Waals surface area (Å²) in [6, 6.07) is 33.6.